The van der Waals surface area contributed by atoms with Gasteiger partial charge in [-0.2, -0.15) is 4.98 Å². The van der Waals surface area contributed by atoms with Gasteiger partial charge < -0.3 is 13.6 Å². The molecule has 0 aliphatic heterocycles. The van der Waals surface area contributed by atoms with Crippen molar-refractivity contribution < 1.29 is 18.0 Å². The average molecular weight is 326 g/mol. The number of para-hydroxylation sites is 1. The molecule has 0 radical (unpaired) electrons. The van der Waals surface area contributed by atoms with Crippen molar-refractivity contribution in [3.05, 3.63) is 48.3 Å². The Hall–Kier alpha value is -3.42. The summed E-state index contributed by atoms with van der Waals surface area (Å²) in [7, 11) is 1.58. The summed E-state index contributed by atoms with van der Waals surface area (Å²) in [6.45, 7) is 0. The number of methoxy groups -OCH3 is 1. The van der Waals surface area contributed by atoms with E-state index in [-0.39, 0.29) is 17.5 Å². The third kappa shape index (κ3) is 2.54. The molecule has 0 atom stereocenters. The maximum Gasteiger partial charge on any atom is 0.323 e. The lowest BCUT2D eigenvalue weighted by Crippen LogP contribution is -1.90. The Balaban J connectivity index is 1.61. The first-order chi connectivity index (χ1) is 11.7. The Kier molecular flexibility index (Phi) is 3.34. The first-order valence-electron chi connectivity index (χ1n) is 7.03. The second kappa shape index (κ2) is 5.65. The van der Waals surface area contributed by atoms with Gasteiger partial charge in [0.1, 0.15) is 11.3 Å². The molecule has 8 heteroatoms. The van der Waals surface area contributed by atoms with Crippen LogP contribution in [0.3, 0.4) is 0 Å². The van der Waals surface area contributed by atoms with Crippen LogP contribution in [0.2, 0.25) is 0 Å². The fraction of sp³-hybridized carbons (Fsp3) is 0.0625. The van der Waals surface area contributed by atoms with Crippen molar-refractivity contribution in [1.82, 2.24) is 15.2 Å². The molecule has 0 amide bonds. The van der Waals surface area contributed by atoms with Crippen LogP contribution in [0, 0.1) is 5.82 Å². The van der Waals surface area contributed by atoms with E-state index in [4.69, 9.17) is 13.6 Å². The van der Waals surface area contributed by atoms with Gasteiger partial charge in [-0.05, 0) is 30.3 Å². The van der Waals surface area contributed by atoms with Gasteiger partial charge >= 0.3 is 12.0 Å². The van der Waals surface area contributed by atoms with Crippen LogP contribution in [0.1, 0.15) is 0 Å². The van der Waals surface area contributed by atoms with Crippen LogP contribution in [0.4, 0.5) is 16.4 Å². The number of aromatic nitrogens is 3. The van der Waals surface area contributed by atoms with Crippen LogP contribution in [0.5, 0.6) is 5.75 Å². The van der Waals surface area contributed by atoms with E-state index in [9.17, 15) is 4.39 Å². The number of nitrogens with one attached hydrogen (secondary N) is 1. The zero-order valence-corrected chi connectivity index (χ0v) is 12.5. The normalized spacial score (nSPS) is 10.9. The second-order valence-electron chi connectivity index (χ2n) is 4.87. The smallest absolute Gasteiger partial charge is 0.323 e. The van der Waals surface area contributed by atoms with E-state index in [1.165, 1.54) is 6.07 Å². The van der Waals surface area contributed by atoms with Gasteiger partial charge in [-0.15, -0.1) is 5.10 Å². The van der Waals surface area contributed by atoms with Gasteiger partial charge in [-0.3, -0.25) is 5.32 Å². The fourth-order valence-corrected chi connectivity index (χ4v) is 2.21. The molecule has 24 heavy (non-hydrogen) atoms. The minimum absolute atomic E-state index is 0.0657. The molecular formula is C16H11FN4O3. The van der Waals surface area contributed by atoms with Gasteiger partial charge in [-0.25, -0.2) is 4.39 Å². The van der Waals surface area contributed by atoms with Crippen molar-refractivity contribution >= 4 is 23.1 Å². The molecule has 2 aromatic heterocycles. The summed E-state index contributed by atoms with van der Waals surface area (Å²) in [4.78, 5) is 4.02. The molecule has 0 aliphatic rings. The number of rotatable bonds is 4. The molecule has 0 spiro atoms. The van der Waals surface area contributed by atoms with Gasteiger partial charge in [0.25, 0.3) is 0 Å². The standard InChI is InChI=1S/C16H11FN4O3/c1-22-10-5-2-4-9(8-10)14-20-21-16(24-14)19-15-18-13-11(17)6-3-7-12(13)23-15/h2-8H,1H3,(H,18,19,21). The van der Waals surface area contributed by atoms with Crippen LogP contribution in [0.15, 0.2) is 51.3 Å². The zero-order valence-electron chi connectivity index (χ0n) is 12.5. The molecule has 0 aliphatic carbocycles. The first kappa shape index (κ1) is 14.2. The maximum atomic E-state index is 13.6. The topological polar surface area (TPSA) is 86.2 Å². The van der Waals surface area contributed by atoms with Crippen molar-refractivity contribution in [1.29, 1.82) is 0 Å². The number of nitrogens with zero attached hydrogens (tertiary/aromatic N) is 3. The number of benzene rings is 2. The number of fused-ring (bicyclic) bond motifs is 1. The van der Waals surface area contributed by atoms with E-state index in [0.717, 1.165) is 0 Å². The third-order valence-electron chi connectivity index (χ3n) is 3.33. The molecule has 4 rings (SSSR count). The summed E-state index contributed by atoms with van der Waals surface area (Å²) in [6, 6.07) is 11.8. The first-order valence-corrected chi connectivity index (χ1v) is 7.03. The molecule has 4 aromatic rings. The monoisotopic (exact) mass is 326 g/mol. The molecular weight excluding hydrogens is 315 g/mol. The highest BCUT2D eigenvalue weighted by molar-refractivity contribution is 5.75. The Morgan fingerprint density at radius 1 is 1.04 bits per heavy atom. The Bertz CT molecular complexity index is 1010. The lowest BCUT2D eigenvalue weighted by atomic mass is 10.2. The van der Waals surface area contributed by atoms with E-state index in [0.29, 0.717) is 22.8 Å². The summed E-state index contributed by atoms with van der Waals surface area (Å²) in [5, 5.41) is 10.5. The number of oxazole rings is 1. The number of hydrogen-bond acceptors (Lipinski definition) is 7. The molecule has 0 saturated carbocycles. The molecule has 7 nitrogen and oxygen atoms in total. The quantitative estimate of drug-likeness (QED) is 0.611. The molecule has 2 heterocycles. The van der Waals surface area contributed by atoms with Crippen LogP contribution in [-0.2, 0) is 0 Å². The molecule has 120 valence electrons. The highest BCUT2D eigenvalue weighted by atomic mass is 19.1. The van der Waals surface area contributed by atoms with Crippen LogP contribution >= 0.6 is 0 Å². The maximum absolute atomic E-state index is 13.6. The molecule has 0 bridgehead atoms. The summed E-state index contributed by atoms with van der Waals surface area (Å²) < 4.78 is 29.7. The fourth-order valence-electron chi connectivity index (χ4n) is 2.21. The zero-order chi connectivity index (χ0) is 16.5. The highest BCUT2D eigenvalue weighted by Crippen LogP contribution is 2.26. The average Bonchev–Trinajstić information content (AvgIpc) is 3.23. The Labute approximate surface area is 135 Å². The van der Waals surface area contributed by atoms with Crippen molar-refractivity contribution in [3.8, 4) is 17.2 Å². The van der Waals surface area contributed by atoms with Gasteiger partial charge in [0.05, 0.1) is 7.11 Å². The van der Waals surface area contributed by atoms with Gasteiger partial charge in [0.15, 0.2) is 11.4 Å². The molecule has 0 unspecified atom stereocenters. The van der Waals surface area contributed by atoms with Crippen LogP contribution in [-0.4, -0.2) is 22.3 Å². The Morgan fingerprint density at radius 3 is 2.75 bits per heavy atom. The summed E-state index contributed by atoms with van der Waals surface area (Å²) in [5.41, 5.74) is 1.16. The van der Waals surface area contributed by atoms with Crippen molar-refractivity contribution in [3.63, 3.8) is 0 Å². The van der Waals surface area contributed by atoms with Crippen molar-refractivity contribution in [2.24, 2.45) is 0 Å². The minimum Gasteiger partial charge on any atom is -0.497 e. The van der Waals surface area contributed by atoms with Crippen LogP contribution in [0.25, 0.3) is 22.6 Å². The largest absolute Gasteiger partial charge is 0.497 e. The van der Waals surface area contributed by atoms with E-state index in [1.807, 2.05) is 18.2 Å². The number of halogens is 1. The predicted octanol–water partition coefficient (Wildman–Crippen LogP) is 3.77. The van der Waals surface area contributed by atoms with E-state index < -0.39 is 5.82 Å². The summed E-state index contributed by atoms with van der Waals surface area (Å²) >= 11 is 0. The summed E-state index contributed by atoms with van der Waals surface area (Å²) in [6.07, 6.45) is 0. The number of anilines is 2. The highest BCUT2D eigenvalue weighted by Gasteiger charge is 2.14. The number of hydrogen-bond donors (Lipinski definition) is 1. The lowest BCUT2D eigenvalue weighted by Gasteiger charge is -2.00. The van der Waals surface area contributed by atoms with Crippen molar-refractivity contribution in [2.75, 3.05) is 12.4 Å². The Morgan fingerprint density at radius 2 is 1.92 bits per heavy atom. The van der Waals surface area contributed by atoms with Gasteiger partial charge in [-0.1, -0.05) is 17.2 Å². The lowest BCUT2D eigenvalue weighted by molar-refractivity contribution is 0.415. The molecule has 1 N–H and O–H groups in total. The molecule has 2 aromatic carbocycles. The van der Waals surface area contributed by atoms with Gasteiger partial charge in [0, 0.05) is 5.56 Å². The van der Waals surface area contributed by atoms with E-state index in [1.54, 1.807) is 25.3 Å². The third-order valence-corrected chi connectivity index (χ3v) is 3.33. The summed E-state index contributed by atoms with van der Waals surface area (Å²) in [5.74, 6) is 0.514. The van der Waals surface area contributed by atoms with Crippen LogP contribution < -0.4 is 10.1 Å². The van der Waals surface area contributed by atoms with E-state index in [2.05, 4.69) is 20.5 Å². The molecule has 0 fully saturated rings. The number of ether oxygens (including phenoxy) is 1. The second-order valence-corrected chi connectivity index (χ2v) is 4.87. The van der Waals surface area contributed by atoms with E-state index >= 15 is 0 Å². The van der Waals surface area contributed by atoms with Crippen molar-refractivity contribution in [2.45, 2.75) is 0 Å². The molecule has 0 saturated heterocycles. The minimum atomic E-state index is -0.466. The predicted molar refractivity (Wildman–Crippen MR) is 83.5 cm³/mol. The van der Waals surface area contributed by atoms with Gasteiger partial charge in [0.2, 0.25) is 5.89 Å². The SMILES string of the molecule is COc1cccc(-c2nnc(Nc3nc4c(F)cccc4o3)o2)c1.